The summed E-state index contributed by atoms with van der Waals surface area (Å²) in [5.41, 5.74) is 2.42. The second-order valence-electron chi connectivity index (χ2n) is 4.19. The van der Waals surface area contributed by atoms with Crippen LogP contribution in [-0.4, -0.2) is 9.97 Å². The van der Waals surface area contributed by atoms with Gasteiger partial charge in [-0.3, -0.25) is 5.43 Å². The number of nitrogens with one attached hydrogen (secondary N) is 2. The lowest BCUT2D eigenvalue weighted by molar-refractivity contribution is -0.141. The lowest BCUT2D eigenvalue weighted by atomic mass is 10.2. The average molecular weight is 362 g/mol. The molecule has 4 N–H and O–H groups in total. The molecule has 0 saturated heterocycles. The predicted molar refractivity (Wildman–Crippen MR) is 77.0 cm³/mol. The number of benzene rings is 1. The molecule has 0 aliphatic rings. The quantitative estimate of drug-likeness (QED) is 0.575. The molecule has 112 valence electrons. The van der Waals surface area contributed by atoms with E-state index in [1.165, 1.54) is 0 Å². The van der Waals surface area contributed by atoms with Gasteiger partial charge in [-0.2, -0.15) is 18.2 Å². The number of aryl methyl sites for hydroxylation is 1. The van der Waals surface area contributed by atoms with Crippen LogP contribution in [0.2, 0.25) is 0 Å². The molecule has 2 aromatic rings. The molecule has 0 amide bonds. The Morgan fingerprint density at radius 3 is 2.48 bits per heavy atom. The second-order valence-corrected chi connectivity index (χ2v) is 5.10. The number of nitrogen functional groups attached to an aromatic ring is 1. The molecule has 1 aromatic heterocycles. The molecule has 0 saturated carbocycles. The molecule has 0 atom stereocenters. The number of hydrazine groups is 1. The van der Waals surface area contributed by atoms with Gasteiger partial charge in [0.2, 0.25) is 5.95 Å². The fourth-order valence-electron chi connectivity index (χ4n) is 1.63. The van der Waals surface area contributed by atoms with Crippen LogP contribution in [0.1, 0.15) is 11.3 Å². The summed E-state index contributed by atoms with van der Waals surface area (Å²) in [4.78, 5) is 7.14. The Morgan fingerprint density at radius 2 is 1.90 bits per heavy atom. The van der Waals surface area contributed by atoms with E-state index in [2.05, 4.69) is 31.2 Å². The Kier molecular flexibility index (Phi) is 4.33. The number of rotatable bonds is 3. The summed E-state index contributed by atoms with van der Waals surface area (Å²) in [6.45, 7) is 1.82. The molecule has 0 radical (unpaired) electrons. The summed E-state index contributed by atoms with van der Waals surface area (Å²) in [5, 5.41) is 2.82. The number of alkyl halides is 3. The molecule has 21 heavy (non-hydrogen) atoms. The molecule has 1 aromatic carbocycles. The lowest BCUT2D eigenvalue weighted by Gasteiger charge is -2.13. The third-order valence-corrected chi connectivity index (χ3v) is 3.09. The second kappa shape index (κ2) is 5.86. The van der Waals surface area contributed by atoms with Crippen LogP contribution in [0.5, 0.6) is 0 Å². The maximum Gasteiger partial charge on any atom is 0.433 e. The van der Waals surface area contributed by atoms with Crippen molar-refractivity contribution in [2.45, 2.75) is 13.1 Å². The van der Waals surface area contributed by atoms with Crippen molar-refractivity contribution in [3.8, 4) is 0 Å². The van der Waals surface area contributed by atoms with Gasteiger partial charge >= 0.3 is 6.18 Å². The van der Waals surface area contributed by atoms with E-state index in [4.69, 9.17) is 5.84 Å². The van der Waals surface area contributed by atoms with Crippen LogP contribution in [0.25, 0.3) is 0 Å². The van der Waals surface area contributed by atoms with Crippen LogP contribution >= 0.6 is 15.9 Å². The smallest absolute Gasteiger partial charge is 0.340 e. The summed E-state index contributed by atoms with van der Waals surface area (Å²) in [6, 6.07) is 6.15. The number of aromatic nitrogens is 2. The summed E-state index contributed by atoms with van der Waals surface area (Å²) < 4.78 is 39.2. The molecular weight excluding hydrogens is 351 g/mol. The summed E-state index contributed by atoms with van der Waals surface area (Å²) in [7, 11) is 0. The normalized spacial score (nSPS) is 11.3. The zero-order chi connectivity index (χ0) is 15.6. The molecule has 9 heteroatoms. The highest BCUT2D eigenvalue weighted by Gasteiger charge is 2.33. The van der Waals surface area contributed by atoms with Gasteiger partial charge in [0.05, 0.1) is 0 Å². The van der Waals surface area contributed by atoms with Gasteiger partial charge in [0.1, 0.15) is 5.82 Å². The Hall–Kier alpha value is -1.87. The Balaban J connectivity index is 2.39. The van der Waals surface area contributed by atoms with Crippen molar-refractivity contribution in [1.29, 1.82) is 0 Å². The van der Waals surface area contributed by atoms with Gasteiger partial charge in [-0.15, -0.1) is 0 Å². The lowest BCUT2D eigenvalue weighted by Crippen LogP contribution is -2.16. The minimum Gasteiger partial charge on any atom is -0.340 e. The number of hydrogen-bond donors (Lipinski definition) is 3. The zero-order valence-corrected chi connectivity index (χ0v) is 12.4. The van der Waals surface area contributed by atoms with Gasteiger partial charge in [-0.25, -0.2) is 10.8 Å². The topological polar surface area (TPSA) is 75.9 Å². The van der Waals surface area contributed by atoms with Crippen molar-refractivity contribution >= 4 is 33.4 Å². The van der Waals surface area contributed by atoms with Crippen molar-refractivity contribution < 1.29 is 13.2 Å². The molecule has 0 aliphatic heterocycles. The van der Waals surface area contributed by atoms with Crippen molar-refractivity contribution in [2.75, 3.05) is 10.7 Å². The molecule has 2 rings (SSSR count). The van der Waals surface area contributed by atoms with Crippen molar-refractivity contribution in [3.05, 3.63) is 40.0 Å². The highest BCUT2D eigenvalue weighted by molar-refractivity contribution is 9.10. The Morgan fingerprint density at radius 1 is 1.19 bits per heavy atom. The minimum atomic E-state index is -4.58. The van der Waals surface area contributed by atoms with Crippen molar-refractivity contribution in [1.82, 2.24) is 9.97 Å². The van der Waals surface area contributed by atoms with E-state index in [1.54, 1.807) is 12.1 Å². The predicted octanol–water partition coefficient (Wildman–Crippen LogP) is 3.60. The number of nitrogens with zero attached hydrogens (tertiary/aromatic N) is 2. The fraction of sp³-hybridized carbons (Fsp3) is 0.167. The first kappa shape index (κ1) is 15.5. The van der Waals surface area contributed by atoms with E-state index in [0.29, 0.717) is 5.69 Å². The minimum absolute atomic E-state index is 0.00398. The third-order valence-electron chi connectivity index (χ3n) is 2.60. The first-order valence-corrected chi connectivity index (χ1v) is 6.55. The van der Waals surface area contributed by atoms with Crippen LogP contribution in [0.4, 0.5) is 30.6 Å². The maximum atomic E-state index is 12.8. The number of anilines is 3. The Bertz CT molecular complexity index is 660. The number of halogens is 4. The largest absolute Gasteiger partial charge is 0.433 e. The molecular formula is C12H11BrF3N5. The summed E-state index contributed by atoms with van der Waals surface area (Å²) in [6.07, 6.45) is -4.58. The molecule has 0 spiro atoms. The summed E-state index contributed by atoms with van der Waals surface area (Å²) >= 11 is 3.31. The van der Waals surface area contributed by atoms with Gasteiger partial charge < -0.3 is 5.32 Å². The Labute approximate surface area is 126 Å². The van der Waals surface area contributed by atoms with Gasteiger partial charge in [0.25, 0.3) is 0 Å². The first-order valence-electron chi connectivity index (χ1n) is 5.75. The average Bonchev–Trinajstić information content (AvgIpc) is 2.40. The number of hydrogen-bond acceptors (Lipinski definition) is 5. The van der Waals surface area contributed by atoms with Gasteiger partial charge in [-0.1, -0.05) is 15.9 Å². The summed E-state index contributed by atoms with van der Waals surface area (Å²) in [5.74, 6) is 4.78. The molecule has 1 heterocycles. The molecule has 5 nitrogen and oxygen atoms in total. The van der Waals surface area contributed by atoms with E-state index in [-0.39, 0.29) is 11.8 Å². The van der Waals surface area contributed by atoms with E-state index >= 15 is 0 Å². The van der Waals surface area contributed by atoms with E-state index in [1.807, 2.05) is 18.4 Å². The van der Waals surface area contributed by atoms with Crippen LogP contribution in [-0.2, 0) is 6.18 Å². The van der Waals surface area contributed by atoms with Crippen molar-refractivity contribution in [2.24, 2.45) is 5.84 Å². The third kappa shape index (κ3) is 3.82. The van der Waals surface area contributed by atoms with E-state index in [0.717, 1.165) is 16.1 Å². The van der Waals surface area contributed by atoms with Crippen LogP contribution in [0, 0.1) is 6.92 Å². The van der Waals surface area contributed by atoms with Gasteiger partial charge in [-0.05, 0) is 30.7 Å². The molecule has 0 fully saturated rings. The maximum absolute atomic E-state index is 12.8. The highest BCUT2D eigenvalue weighted by atomic mass is 79.9. The molecule has 0 aliphatic carbocycles. The van der Waals surface area contributed by atoms with Crippen LogP contribution in [0.3, 0.4) is 0 Å². The van der Waals surface area contributed by atoms with E-state index in [9.17, 15) is 13.2 Å². The standard InChI is InChI=1S/C12H11BrF3N5/c1-6-4-7(13)2-3-8(6)18-10-5-9(12(14,15)16)19-11(20-10)21-17/h2-5H,17H2,1H3,(H2,18,19,20,21). The first-order chi connectivity index (χ1) is 9.79. The molecule has 0 bridgehead atoms. The SMILES string of the molecule is Cc1cc(Br)ccc1Nc1cc(C(F)(F)F)nc(NN)n1. The number of nitrogens with two attached hydrogens (primary N) is 1. The fourth-order valence-corrected chi connectivity index (χ4v) is 2.10. The van der Waals surface area contributed by atoms with Crippen LogP contribution < -0.4 is 16.6 Å². The van der Waals surface area contributed by atoms with Crippen molar-refractivity contribution in [3.63, 3.8) is 0 Å². The monoisotopic (exact) mass is 361 g/mol. The van der Waals surface area contributed by atoms with E-state index < -0.39 is 11.9 Å². The zero-order valence-electron chi connectivity index (χ0n) is 10.8. The molecule has 0 unspecified atom stereocenters. The van der Waals surface area contributed by atoms with Gasteiger partial charge in [0, 0.05) is 16.2 Å². The van der Waals surface area contributed by atoms with Gasteiger partial charge in [0.15, 0.2) is 5.69 Å². The highest BCUT2D eigenvalue weighted by Crippen LogP contribution is 2.31. The van der Waals surface area contributed by atoms with Crippen LogP contribution in [0.15, 0.2) is 28.7 Å².